The number of anilines is 5. The van der Waals surface area contributed by atoms with Gasteiger partial charge in [0.05, 0.1) is 11.0 Å². The second kappa shape index (κ2) is 17.6. The van der Waals surface area contributed by atoms with Gasteiger partial charge in [-0.3, -0.25) is 0 Å². The van der Waals surface area contributed by atoms with E-state index >= 15 is 0 Å². The van der Waals surface area contributed by atoms with E-state index in [0.29, 0.717) is 0 Å². The minimum atomic E-state index is 0.891. The van der Waals surface area contributed by atoms with Gasteiger partial charge in [-0.1, -0.05) is 164 Å². The van der Waals surface area contributed by atoms with Crippen molar-refractivity contribution in [3.63, 3.8) is 0 Å². The van der Waals surface area contributed by atoms with Crippen LogP contribution in [0.15, 0.2) is 243 Å². The Bertz CT molecular complexity index is 3250. The van der Waals surface area contributed by atoms with Crippen LogP contribution in [-0.4, -0.2) is 11.1 Å². The highest BCUT2D eigenvalue weighted by Gasteiger charge is 2.24. The maximum atomic E-state index is 2.44. The van der Waals surface area contributed by atoms with Gasteiger partial charge in [-0.2, -0.15) is 0 Å². The SMILES string of the molecule is C/C=C\CC/C=C1\CN(c2ccc(-c3ccc(N(c4ccc(-c5ccccc5)cc4)c4ccc(-c5ccc(-n6c7ccccc7c7ccccc76)cc5)cc4)cc3)cc2)c2ccccc21. The number of aromatic nitrogens is 1. The van der Waals surface area contributed by atoms with Gasteiger partial charge in [0.15, 0.2) is 0 Å². The van der Waals surface area contributed by atoms with Crippen molar-refractivity contribution < 1.29 is 0 Å². The molecule has 9 aromatic carbocycles. The van der Waals surface area contributed by atoms with E-state index < -0.39 is 0 Å². The zero-order chi connectivity index (χ0) is 43.5. The molecule has 1 aromatic heterocycles. The summed E-state index contributed by atoms with van der Waals surface area (Å²) in [6.45, 7) is 2.98. The lowest BCUT2D eigenvalue weighted by Gasteiger charge is -2.26. The fourth-order valence-electron chi connectivity index (χ4n) is 9.57. The Morgan fingerprint density at radius 2 is 0.846 bits per heavy atom. The summed E-state index contributed by atoms with van der Waals surface area (Å²) in [5.74, 6) is 0. The predicted octanol–water partition coefficient (Wildman–Crippen LogP) is 17.1. The third-order valence-electron chi connectivity index (χ3n) is 12.9. The molecule has 3 nitrogen and oxygen atoms in total. The molecule has 0 N–H and O–H groups in total. The third-order valence-corrected chi connectivity index (χ3v) is 12.9. The molecule has 0 amide bonds. The molecule has 1 aliphatic heterocycles. The van der Waals surface area contributed by atoms with E-state index in [2.05, 4.69) is 264 Å². The van der Waals surface area contributed by atoms with Crippen LogP contribution in [0.3, 0.4) is 0 Å². The van der Waals surface area contributed by atoms with E-state index in [1.807, 2.05) is 0 Å². The van der Waals surface area contributed by atoms with Gasteiger partial charge >= 0.3 is 0 Å². The molecule has 65 heavy (non-hydrogen) atoms. The Morgan fingerprint density at radius 3 is 1.37 bits per heavy atom. The van der Waals surface area contributed by atoms with Gasteiger partial charge in [0.2, 0.25) is 0 Å². The van der Waals surface area contributed by atoms with E-state index in [-0.39, 0.29) is 0 Å². The van der Waals surface area contributed by atoms with Crippen molar-refractivity contribution in [2.75, 3.05) is 16.3 Å². The highest BCUT2D eigenvalue weighted by Crippen LogP contribution is 2.42. The number of hydrogen-bond donors (Lipinski definition) is 0. The third kappa shape index (κ3) is 7.72. The predicted molar refractivity (Wildman–Crippen MR) is 277 cm³/mol. The first-order chi connectivity index (χ1) is 32.2. The van der Waals surface area contributed by atoms with E-state index in [1.54, 1.807) is 0 Å². The van der Waals surface area contributed by atoms with E-state index in [0.717, 1.165) is 42.1 Å². The molecule has 0 atom stereocenters. The van der Waals surface area contributed by atoms with Gasteiger partial charge in [-0.25, -0.2) is 0 Å². The summed E-state index contributed by atoms with van der Waals surface area (Å²) in [5.41, 5.74) is 19.3. The maximum Gasteiger partial charge on any atom is 0.0541 e. The number of allylic oxidation sites excluding steroid dienone is 3. The molecule has 0 bridgehead atoms. The minimum Gasteiger partial charge on any atom is -0.336 e. The molecule has 0 spiro atoms. The largest absolute Gasteiger partial charge is 0.336 e. The van der Waals surface area contributed by atoms with Crippen molar-refractivity contribution in [3.05, 3.63) is 248 Å². The number of para-hydroxylation sites is 3. The summed E-state index contributed by atoms with van der Waals surface area (Å²) < 4.78 is 2.37. The first-order valence-electron chi connectivity index (χ1n) is 22.7. The van der Waals surface area contributed by atoms with Crippen LogP contribution in [0.4, 0.5) is 28.4 Å². The fraction of sp³-hybridized carbons (Fsp3) is 0.0645. The lowest BCUT2D eigenvalue weighted by molar-refractivity contribution is 1.04. The monoisotopic (exact) mass is 835 g/mol. The lowest BCUT2D eigenvalue weighted by atomic mass is 10.0. The summed E-state index contributed by atoms with van der Waals surface area (Å²) in [4.78, 5) is 4.79. The molecule has 3 heteroatoms. The molecule has 0 unspecified atom stereocenters. The number of rotatable bonds is 11. The average Bonchev–Trinajstić information content (AvgIpc) is 3.92. The molecular formula is C62H49N3. The Kier molecular flexibility index (Phi) is 10.7. The molecule has 312 valence electrons. The van der Waals surface area contributed by atoms with Gasteiger partial charge in [0.1, 0.15) is 0 Å². The molecule has 10 aromatic rings. The smallest absolute Gasteiger partial charge is 0.0541 e. The van der Waals surface area contributed by atoms with Crippen molar-refractivity contribution in [2.24, 2.45) is 0 Å². The summed E-state index contributed by atoms with van der Waals surface area (Å²) in [6.07, 6.45) is 8.92. The van der Waals surface area contributed by atoms with Gasteiger partial charge in [-0.05, 0) is 138 Å². The molecule has 2 heterocycles. The van der Waals surface area contributed by atoms with E-state index in [4.69, 9.17) is 0 Å². The first-order valence-corrected chi connectivity index (χ1v) is 22.7. The van der Waals surface area contributed by atoms with E-state index in [1.165, 1.54) is 77.7 Å². The number of nitrogens with zero attached hydrogens (tertiary/aromatic N) is 3. The van der Waals surface area contributed by atoms with Gasteiger partial charge < -0.3 is 14.4 Å². The lowest BCUT2D eigenvalue weighted by Crippen LogP contribution is -2.12. The van der Waals surface area contributed by atoms with E-state index in [9.17, 15) is 0 Å². The van der Waals surface area contributed by atoms with Crippen molar-refractivity contribution in [3.8, 4) is 39.1 Å². The summed E-state index contributed by atoms with van der Waals surface area (Å²) in [6, 6.07) is 81.6. The highest BCUT2D eigenvalue weighted by molar-refractivity contribution is 6.09. The number of hydrogen-bond acceptors (Lipinski definition) is 2. The highest BCUT2D eigenvalue weighted by atomic mass is 15.2. The molecule has 0 saturated heterocycles. The van der Waals surface area contributed by atoms with Crippen LogP contribution in [0.25, 0.3) is 66.4 Å². The van der Waals surface area contributed by atoms with Crippen LogP contribution < -0.4 is 9.80 Å². The van der Waals surface area contributed by atoms with Crippen LogP contribution in [-0.2, 0) is 0 Å². The number of unbranched alkanes of at least 4 members (excludes halogenated alkanes) is 1. The number of fused-ring (bicyclic) bond motifs is 4. The van der Waals surface area contributed by atoms with Crippen molar-refractivity contribution >= 4 is 55.8 Å². The van der Waals surface area contributed by atoms with Crippen molar-refractivity contribution in [1.29, 1.82) is 0 Å². The summed E-state index contributed by atoms with van der Waals surface area (Å²) in [7, 11) is 0. The molecule has 11 rings (SSSR count). The second-order valence-corrected chi connectivity index (χ2v) is 16.8. The van der Waals surface area contributed by atoms with Crippen molar-refractivity contribution in [2.45, 2.75) is 19.8 Å². The van der Waals surface area contributed by atoms with Gasteiger partial charge in [-0.15, -0.1) is 0 Å². The molecule has 0 fully saturated rings. The van der Waals surface area contributed by atoms with Crippen LogP contribution in [0.1, 0.15) is 25.3 Å². The fourth-order valence-corrected chi connectivity index (χ4v) is 9.57. The molecule has 0 aliphatic carbocycles. The number of benzene rings is 9. The normalized spacial score (nSPS) is 13.0. The Labute approximate surface area is 382 Å². The molecular weight excluding hydrogens is 787 g/mol. The topological polar surface area (TPSA) is 11.4 Å². The maximum absolute atomic E-state index is 2.44. The Morgan fingerprint density at radius 1 is 0.415 bits per heavy atom. The zero-order valence-corrected chi connectivity index (χ0v) is 36.6. The molecule has 0 radical (unpaired) electrons. The first kappa shape index (κ1) is 39.7. The zero-order valence-electron chi connectivity index (χ0n) is 36.6. The van der Waals surface area contributed by atoms with Crippen LogP contribution in [0.5, 0.6) is 0 Å². The summed E-state index contributed by atoms with van der Waals surface area (Å²) in [5, 5.41) is 2.54. The minimum absolute atomic E-state index is 0.891. The van der Waals surface area contributed by atoms with Crippen LogP contribution >= 0.6 is 0 Å². The quantitative estimate of drug-likeness (QED) is 0.0950. The second-order valence-electron chi connectivity index (χ2n) is 16.8. The summed E-state index contributed by atoms with van der Waals surface area (Å²) >= 11 is 0. The van der Waals surface area contributed by atoms with Gasteiger partial charge in [0.25, 0.3) is 0 Å². The van der Waals surface area contributed by atoms with Crippen LogP contribution in [0, 0.1) is 0 Å². The Hall–Kier alpha value is -8.14. The van der Waals surface area contributed by atoms with Gasteiger partial charge in [0, 0.05) is 57.0 Å². The molecule has 1 aliphatic rings. The molecule has 0 saturated carbocycles. The Balaban J connectivity index is 0.874. The van der Waals surface area contributed by atoms with Crippen LogP contribution in [0.2, 0.25) is 0 Å². The standard InChI is InChI=1S/C62H49N3/c1-2-3-4-6-17-51-44-63(60-21-12-9-18-57(51)60)52-34-24-47(25-35-52)48-28-38-54(39-29-48)64(53-36-26-46(27-37-53)45-15-7-5-8-16-45)55-40-30-49(31-41-55)50-32-42-56(43-33-50)65-61-22-13-10-19-58(61)59-20-11-14-23-62(59)65/h2-3,5,7-43H,4,6,44H2,1H3/b3-2-,51-17+. The van der Waals surface area contributed by atoms with Crippen molar-refractivity contribution in [1.82, 2.24) is 4.57 Å². The average molecular weight is 836 g/mol.